The predicted octanol–water partition coefficient (Wildman–Crippen LogP) is 2.50. The van der Waals surface area contributed by atoms with Crippen LogP contribution in [0.4, 0.5) is 0 Å². The summed E-state index contributed by atoms with van der Waals surface area (Å²) in [5.41, 5.74) is 6.10. The highest BCUT2D eigenvalue weighted by molar-refractivity contribution is 4.97. The van der Waals surface area contributed by atoms with E-state index in [1.165, 1.54) is 25.7 Å². The predicted molar refractivity (Wildman–Crippen MR) is 77.7 cm³/mol. The number of rotatable bonds is 6. The Hall–Kier alpha value is -0.120. The molecular weight excluding hydrogens is 224 g/mol. The van der Waals surface area contributed by atoms with E-state index in [4.69, 9.17) is 10.5 Å². The van der Waals surface area contributed by atoms with Gasteiger partial charge in [0.2, 0.25) is 0 Å². The molecule has 1 fully saturated rings. The zero-order chi connectivity index (χ0) is 13.8. The smallest absolute Gasteiger partial charge is 0.0661 e. The van der Waals surface area contributed by atoms with Crippen LogP contribution in [0.25, 0.3) is 0 Å². The first-order valence-electron chi connectivity index (χ1n) is 7.40. The number of likely N-dealkylation sites (N-methyl/N-ethyl adjacent to an activating group) is 1. The molecule has 108 valence electrons. The zero-order valence-corrected chi connectivity index (χ0v) is 12.9. The molecule has 1 saturated carbocycles. The molecule has 0 aromatic heterocycles. The number of ether oxygens (including phenoxy) is 1. The maximum atomic E-state index is 6.12. The Labute approximate surface area is 113 Å². The molecule has 3 unspecified atom stereocenters. The Balaban J connectivity index is 2.83. The van der Waals surface area contributed by atoms with Crippen LogP contribution in [-0.4, -0.2) is 43.8 Å². The molecule has 1 aliphatic carbocycles. The molecule has 1 rings (SSSR count). The first-order chi connectivity index (χ1) is 8.47. The third-order valence-corrected chi connectivity index (χ3v) is 4.98. The summed E-state index contributed by atoms with van der Waals surface area (Å²) in [6.45, 7) is 8.28. The van der Waals surface area contributed by atoms with Crippen LogP contribution in [0.15, 0.2) is 0 Å². The van der Waals surface area contributed by atoms with Crippen molar-refractivity contribution in [3.05, 3.63) is 0 Å². The van der Waals surface area contributed by atoms with Crippen molar-refractivity contribution >= 4 is 0 Å². The van der Waals surface area contributed by atoms with Crippen molar-refractivity contribution in [3.8, 4) is 0 Å². The quantitative estimate of drug-likeness (QED) is 0.793. The second-order valence-corrected chi connectivity index (χ2v) is 6.43. The van der Waals surface area contributed by atoms with E-state index in [0.29, 0.717) is 18.5 Å². The van der Waals surface area contributed by atoms with Gasteiger partial charge in [-0.05, 0) is 31.7 Å². The highest BCUT2D eigenvalue weighted by Gasteiger charge is 2.40. The van der Waals surface area contributed by atoms with E-state index in [2.05, 4.69) is 32.7 Å². The van der Waals surface area contributed by atoms with Crippen LogP contribution in [0.2, 0.25) is 0 Å². The van der Waals surface area contributed by atoms with Crippen molar-refractivity contribution in [2.75, 3.05) is 27.3 Å². The molecule has 3 atom stereocenters. The molecule has 3 nitrogen and oxygen atoms in total. The summed E-state index contributed by atoms with van der Waals surface area (Å²) < 4.78 is 5.48. The minimum atomic E-state index is -0.0174. The topological polar surface area (TPSA) is 38.5 Å². The van der Waals surface area contributed by atoms with E-state index in [1.54, 1.807) is 7.11 Å². The van der Waals surface area contributed by atoms with Gasteiger partial charge >= 0.3 is 0 Å². The van der Waals surface area contributed by atoms with Crippen LogP contribution >= 0.6 is 0 Å². The van der Waals surface area contributed by atoms with Gasteiger partial charge in [0, 0.05) is 19.7 Å². The van der Waals surface area contributed by atoms with Gasteiger partial charge in [-0.1, -0.05) is 33.6 Å². The van der Waals surface area contributed by atoms with Crippen LogP contribution < -0.4 is 5.73 Å². The highest BCUT2D eigenvalue weighted by Crippen LogP contribution is 2.33. The van der Waals surface area contributed by atoms with Crippen LogP contribution in [-0.2, 0) is 4.74 Å². The van der Waals surface area contributed by atoms with Crippen LogP contribution in [0, 0.1) is 11.8 Å². The van der Waals surface area contributed by atoms with Gasteiger partial charge in [0.25, 0.3) is 0 Å². The maximum Gasteiger partial charge on any atom is 0.0661 e. The third kappa shape index (κ3) is 3.25. The van der Waals surface area contributed by atoms with E-state index in [-0.39, 0.29) is 5.54 Å². The molecule has 18 heavy (non-hydrogen) atoms. The Morgan fingerprint density at radius 2 is 2.06 bits per heavy atom. The van der Waals surface area contributed by atoms with Crippen molar-refractivity contribution in [1.82, 2.24) is 4.90 Å². The number of hydrogen-bond donors (Lipinski definition) is 1. The summed E-state index contributed by atoms with van der Waals surface area (Å²) in [5.74, 6) is 1.35. The van der Waals surface area contributed by atoms with Gasteiger partial charge in [0.05, 0.1) is 12.1 Å². The van der Waals surface area contributed by atoms with Crippen LogP contribution in [0.3, 0.4) is 0 Å². The van der Waals surface area contributed by atoms with Crippen molar-refractivity contribution in [1.29, 1.82) is 0 Å². The van der Waals surface area contributed by atoms with E-state index in [1.807, 2.05) is 0 Å². The number of hydrogen-bond acceptors (Lipinski definition) is 3. The van der Waals surface area contributed by atoms with Crippen molar-refractivity contribution in [2.24, 2.45) is 17.6 Å². The lowest BCUT2D eigenvalue weighted by Gasteiger charge is -2.49. The van der Waals surface area contributed by atoms with Crippen LogP contribution in [0.1, 0.15) is 46.5 Å². The van der Waals surface area contributed by atoms with E-state index >= 15 is 0 Å². The molecule has 3 heteroatoms. The van der Waals surface area contributed by atoms with Gasteiger partial charge in [0.1, 0.15) is 0 Å². The first-order valence-corrected chi connectivity index (χ1v) is 7.40. The molecule has 0 heterocycles. The monoisotopic (exact) mass is 256 g/mol. The summed E-state index contributed by atoms with van der Waals surface area (Å²) in [4.78, 5) is 2.52. The number of methoxy groups -OCH3 is 1. The maximum absolute atomic E-state index is 6.12. The summed E-state index contributed by atoms with van der Waals surface area (Å²) in [7, 11) is 4.03. The first kappa shape index (κ1) is 15.9. The minimum Gasteiger partial charge on any atom is -0.383 e. The standard InChI is InChI=1S/C15H32N2O/c1-12(2)15(10-16,11-18-5)17(4)14-8-6-7-13(3)9-14/h12-14H,6-11,16H2,1-5H3. The molecule has 2 N–H and O–H groups in total. The minimum absolute atomic E-state index is 0.0174. The van der Waals surface area contributed by atoms with Gasteiger partial charge in [0.15, 0.2) is 0 Å². The molecule has 1 aliphatic rings. The molecule has 0 aromatic rings. The Bertz CT molecular complexity index is 245. The average Bonchev–Trinajstić information content (AvgIpc) is 2.34. The second-order valence-electron chi connectivity index (χ2n) is 6.43. The third-order valence-electron chi connectivity index (χ3n) is 4.98. The molecule has 0 radical (unpaired) electrons. The SMILES string of the molecule is COCC(CN)(C(C)C)N(C)C1CCCC(C)C1. The lowest BCUT2D eigenvalue weighted by Crippen LogP contribution is -2.62. The fourth-order valence-electron chi connectivity index (χ4n) is 3.48. The van der Waals surface area contributed by atoms with Gasteiger partial charge < -0.3 is 10.5 Å². The van der Waals surface area contributed by atoms with E-state index in [0.717, 1.165) is 12.5 Å². The van der Waals surface area contributed by atoms with Crippen molar-refractivity contribution in [2.45, 2.75) is 58.0 Å². The molecule has 0 saturated heterocycles. The van der Waals surface area contributed by atoms with Gasteiger partial charge in [-0.25, -0.2) is 0 Å². The summed E-state index contributed by atoms with van der Waals surface area (Å²) in [5, 5.41) is 0. The molecular formula is C15H32N2O. The molecule has 0 spiro atoms. The molecule has 0 aromatic carbocycles. The number of nitrogens with two attached hydrogens (primary N) is 1. The summed E-state index contributed by atoms with van der Waals surface area (Å²) >= 11 is 0. The van der Waals surface area contributed by atoms with Gasteiger partial charge in [-0.2, -0.15) is 0 Å². The van der Waals surface area contributed by atoms with Gasteiger partial charge in [-0.15, -0.1) is 0 Å². The average molecular weight is 256 g/mol. The molecule has 0 aliphatic heterocycles. The fraction of sp³-hybridized carbons (Fsp3) is 1.00. The van der Waals surface area contributed by atoms with Crippen molar-refractivity contribution < 1.29 is 4.74 Å². The second kappa shape index (κ2) is 6.88. The Kier molecular flexibility index (Phi) is 6.09. The summed E-state index contributed by atoms with van der Waals surface area (Å²) in [6.07, 6.45) is 5.33. The Morgan fingerprint density at radius 3 is 2.50 bits per heavy atom. The van der Waals surface area contributed by atoms with Crippen molar-refractivity contribution in [3.63, 3.8) is 0 Å². The van der Waals surface area contributed by atoms with E-state index in [9.17, 15) is 0 Å². The summed E-state index contributed by atoms with van der Waals surface area (Å²) in [6, 6.07) is 0.662. The Morgan fingerprint density at radius 1 is 1.39 bits per heavy atom. The van der Waals surface area contributed by atoms with Crippen LogP contribution in [0.5, 0.6) is 0 Å². The lowest BCUT2D eigenvalue weighted by molar-refractivity contribution is -0.0363. The fourth-order valence-corrected chi connectivity index (χ4v) is 3.48. The largest absolute Gasteiger partial charge is 0.383 e. The van der Waals surface area contributed by atoms with E-state index < -0.39 is 0 Å². The van der Waals surface area contributed by atoms with Gasteiger partial charge in [-0.3, -0.25) is 4.90 Å². The number of nitrogens with zero attached hydrogens (tertiary/aromatic N) is 1. The molecule has 0 amide bonds. The highest BCUT2D eigenvalue weighted by atomic mass is 16.5. The normalized spacial score (nSPS) is 28.7. The molecule has 0 bridgehead atoms. The lowest BCUT2D eigenvalue weighted by atomic mass is 9.80. The zero-order valence-electron chi connectivity index (χ0n) is 12.9.